The Morgan fingerprint density at radius 1 is 1.25 bits per heavy atom. The molecule has 8 heteroatoms. The first-order valence-corrected chi connectivity index (χ1v) is 8.75. The number of hydrogen-bond donors (Lipinski definition) is 1. The van der Waals surface area contributed by atoms with Gasteiger partial charge in [0.2, 0.25) is 0 Å². The molecule has 2 aromatic carbocycles. The second-order valence-corrected chi connectivity index (χ2v) is 7.34. The molecule has 126 valence electrons. The number of rotatable bonds is 4. The quantitative estimate of drug-likeness (QED) is 0.841. The Balaban J connectivity index is 2.40. The highest BCUT2D eigenvalue weighted by molar-refractivity contribution is 7.89. The first-order valence-electron chi connectivity index (χ1n) is 6.89. The van der Waals surface area contributed by atoms with Crippen molar-refractivity contribution >= 4 is 27.3 Å². The number of nitrogens with one attached hydrogen (secondary N) is 1. The molecule has 1 N–H and O–H groups in total. The van der Waals surface area contributed by atoms with Crippen LogP contribution in [-0.2, 0) is 10.0 Å². The van der Waals surface area contributed by atoms with Crippen molar-refractivity contribution in [1.82, 2.24) is 4.83 Å². The second-order valence-electron chi connectivity index (χ2n) is 5.27. The second kappa shape index (κ2) is 6.77. The molecule has 0 saturated carbocycles. The number of halogens is 2. The van der Waals surface area contributed by atoms with Gasteiger partial charge in [0.25, 0.3) is 10.0 Å². The smallest absolute Gasteiger partial charge is 0.257 e. The number of nitriles is 1. The molecule has 0 aromatic heterocycles. The van der Waals surface area contributed by atoms with E-state index in [1.165, 1.54) is 38.0 Å². The third-order valence-electron chi connectivity index (χ3n) is 3.44. The van der Waals surface area contributed by atoms with Gasteiger partial charge in [-0.1, -0.05) is 17.7 Å². The third kappa shape index (κ3) is 3.51. The van der Waals surface area contributed by atoms with Crippen LogP contribution in [0.3, 0.4) is 0 Å². The Hall–Kier alpha value is -2.14. The number of aryl methyl sites for hydroxylation is 2. The Kier molecular flexibility index (Phi) is 5.13. The fourth-order valence-electron chi connectivity index (χ4n) is 2.25. The molecule has 2 rings (SSSR count). The highest BCUT2D eigenvalue weighted by Gasteiger charge is 2.21. The Morgan fingerprint density at radius 2 is 1.83 bits per heavy atom. The predicted octanol–water partition coefficient (Wildman–Crippen LogP) is 3.30. The summed E-state index contributed by atoms with van der Waals surface area (Å²) in [6.07, 6.45) is 0. The molecule has 0 bridgehead atoms. The lowest BCUT2D eigenvalue weighted by Crippen LogP contribution is -2.39. The zero-order valence-corrected chi connectivity index (χ0v) is 14.8. The van der Waals surface area contributed by atoms with E-state index in [0.29, 0.717) is 5.69 Å². The van der Waals surface area contributed by atoms with E-state index in [2.05, 4.69) is 4.83 Å². The summed E-state index contributed by atoms with van der Waals surface area (Å²) in [5.74, 6) is -0.441. The van der Waals surface area contributed by atoms with E-state index in [1.807, 2.05) is 6.07 Å². The van der Waals surface area contributed by atoms with Crippen molar-refractivity contribution in [2.24, 2.45) is 0 Å². The van der Waals surface area contributed by atoms with E-state index in [0.717, 1.165) is 0 Å². The molecule has 2 aromatic rings. The van der Waals surface area contributed by atoms with Gasteiger partial charge in [0.05, 0.1) is 21.2 Å². The minimum atomic E-state index is -3.95. The molecule has 0 aliphatic carbocycles. The van der Waals surface area contributed by atoms with Crippen LogP contribution in [0, 0.1) is 31.0 Å². The lowest BCUT2D eigenvalue weighted by atomic mass is 10.1. The first-order chi connectivity index (χ1) is 11.2. The molecule has 0 saturated heterocycles. The van der Waals surface area contributed by atoms with Crippen LogP contribution >= 0.6 is 11.6 Å². The third-order valence-corrected chi connectivity index (χ3v) is 5.13. The maximum atomic E-state index is 13.7. The molecule has 0 radical (unpaired) electrons. The molecule has 0 atom stereocenters. The summed E-state index contributed by atoms with van der Waals surface area (Å²) < 4.78 is 38.7. The van der Waals surface area contributed by atoms with Gasteiger partial charge in [-0.15, -0.1) is 4.83 Å². The number of nitrogens with zero attached hydrogens (tertiary/aromatic N) is 2. The fourth-order valence-corrected chi connectivity index (χ4v) is 3.69. The molecule has 0 heterocycles. The zero-order chi connectivity index (χ0) is 18.1. The Labute approximate surface area is 145 Å². The van der Waals surface area contributed by atoms with Crippen LogP contribution in [0.5, 0.6) is 0 Å². The van der Waals surface area contributed by atoms with Crippen molar-refractivity contribution in [3.8, 4) is 6.07 Å². The van der Waals surface area contributed by atoms with Crippen LogP contribution in [0.25, 0.3) is 0 Å². The number of benzene rings is 2. The number of hydrazine groups is 1. The van der Waals surface area contributed by atoms with Crippen molar-refractivity contribution in [3.63, 3.8) is 0 Å². The van der Waals surface area contributed by atoms with Crippen LogP contribution in [-0.4, -0.2) is 15.5 Å². The molecular formula is C16H15ClFN3O2S. The van der Waals surface area contributed by atoms with Gasteiger partial charge in [-0.2, -0.15) is 5.26 Å². The predicted molar refractivity (Wildman–Crippen MR) is 90.8 cm³/mol. The largest absolute Gasteiger partial charge is 0.296 e. The highest BCUT2D eigenvalue weighted by atomic mass is 35.5. The van der Waals surface area contributed by atoms with E-state index in [-0.39, 0.29) is 26.6 Å². The summed E-state index contributed by atoms with van der Waals surface area (Å²) in [5.41, 5.74) is 0.928. The molecule has 0 amide bonds. The minimum Gasteiger partial charge on any atom is -0.296 e. The summed E-state index contributed by atoms with van der Waals surface area (Å²) in [4.78, 5) is 2.27. The monoisotopic (exact) mass is 367 g/mol. The first kappa shape index (κ1) is 18.2. The fraction of sp³-hybridized carbons (Fsp3) is 0.188. The standard InChI is InChI=1S/C16H15ClFN3O2S/c1-10-7-12(8-11(2)16(10)18)24(22,23)20-21(3)15-6-4-5-14(17)13(15)9-19/h4-8,20H,1-3H3. The van der Waals surface area contributed by atoms with Crippen molar-refractivity contribution in [3.05, 3.63) is 57.9 Å². The van der Waals surface area contributed by atoms with Crippen LogP contribution in [0.4, 0.5) is 10.1 Å². The average Bonchev–Trinajstić information content (AvgIpc) is 2.51. The van der Waals surface area contributed by atoms with E-state index in [1.54, 1.807) is 18.2 Å². The van der Waals surface area contributed by atoms with Crippen molar-refractivity contribution in [2.75, 3.05) is 12.1 Å². The maximum Gasteiger partial charge on any atom is 0.257 e. The molecule has 0 spiro atoms. The molecule has 0 aliphatic heterocycles. The van der Waals surface area contributed by atoms with Gasteiger partial charge >= 0.3 is 0 Å². The molecular weight excluding hydrogens is 353 g/mol. The molecule has 5 nitrogen and oxygen atoms in total. The molecule has 0 fully saturated rings. The normalized spacial score (nSPS) is 11.2. The van der Waals surface area contributed by atoms with E-state index >= 15 is 0 Å². The lowest BCUT2D eigenvalue weighted by Gasteiger charge is -2.22. The summed E-state index contributed by atoms with van der Waals surface area (Å²) in [6, 6.07) is 9.15. The van der Waals surface area contributed by atoms with Gasteiger partial charge < -0.3 is 0 Å². The van der Waals surface area contributed by atoms with Gasteiger partial charge in [0.1, 0.15) is 11.9 Å². The van der Waals surface area contributed by atoms with Crippen molar-refractivity contribution in [1.29, 1.82) is 5.26 Å². The summed E-state index contributed by atoms with van der Waals surface area (Å²) in [6.45, 7) is 2.99. The highest BCUT2D eigenvalue weighted by Crippen LogP contribution is 2.26. The van der Waals surface area contributed by atoms with Gasteiger partial charge in [0, 0.05) is 7.05 Å². The topological polar surface area (TPSA) is 73.2 Å². The molecule has 0 aliphatic rings. The number of hydrogen-bond acceptors (Lipinski definition) is 4. The maximum absolute atomic E-state index is 13.7. The van der Waals surface area contributed by atoms with Crippen LogP contribution in [0.15, 0.2) is 35.2 Å². The summed E-state index contributed by atoms with van der Waals surface area (Å²) in [5, 5.41) is 10.6. The SMILES string of the molecule is Cc1cc(S(=O)(=O)NN(C)c2cccc(Cl)c2C#N)cc(C)c1F. The van der Waals surface area contributed by atoms with E-state index in [9.17, 15) is 18.1 Å². The van der Waals surface area contributed by atoms with Crippen molar-refractivity contribution in [2.45, 2.75) is 18.7 Å². The van der Waals surface area contributed by atoms with Crippen LogP contribution in [0.1, 0.15) is 16.7 Å². The van der Waals surface area contributed by atoms with E-state index < -0.39 is 15.8 Å². The van der Waals surface area contributed by atoms with Gasteiger partial charge in [-0.05, 0) is 49.2 Å². The summed E-state index contributed by atoms with van der Waals surface area (Å²) in [7, 11) is -2.50. The van der Waals surface area contributed by atoms with E-state index in [4.69, 9.17) is 11.6 Å². The Bertz CT molecular complexity index is 916. The summed E-state index contributed by atoms with van der Waals surface area (Å²) >= 11 is 5.95. The van der Waals surface area contributed by atoms with Crippen LogP contribution in [0.2, 0.25) is 5.02 Å². The average molecular weight is 368 g/mol. The van der Waals surface area contributed by atoms with Crippen molar-refractivity contribution < 1.29 is 12.8 Å². The number of sulfonamides is 1. The van der Waals surface area contributed by atoms with Gasteiger partial charge in [-0.25, -0.2) is 12.8 Å². The molecule has 0 unspecified atom stereocenters. The van der Waals surface area contributed by atoms with Gasteiger partial charge in [-0.3, -0.25) is 5.01 Å². The number of anilines is 1. The zero-order valence-electron chi connectivity index (χ0n) is 13.3. The lowest BCUT2D eigenvalue weighted by molar-refractivity contribution is 0.578. The molecule has 24 heavy (non-hydrogen) atoms. The minimum absolute atomic E-state index is 0.0636. The van der Waals surface area contributed by atoms with Crippen LogP contribution < -0.4 is 9.84 Å². The Morgan fingerprint density at radius 3 is 2.38 bits per heavy atom. The van der Waals surface area contributed by atoms with Gasteiger partial charge in [0.15, 0.2) is 0 Å².